The molecule has 10 heteroatoms. The zero-order valence-electron chi connectivity index (χ0n) is 19.2. The Morgan fingerprint density at radius 2 is 1.73 bits per heavy atom. The molecule has 0 spiro atoms. The van der Waals surface area contributed by atoms with E-state index >= 15 is 0 Å². The van der Waals surface area contributed by atoms with Crippen LogP contribution in [0.5, 0.6) is 0 Å². The number of halogens is 3. The van der Waals surface area contributed by atoms with E-state index in [-0.39, 0.29) is 5.56 Å². The molecule has 0 saturated carbocycles. The van der Waals surface area contributed by atoms with Gasteiger partial charge < -0.3 is 19.6 Å². The molecule has 1 aromatic heterocycles. The van der Waals surface area contributed by atoms with Gasteiger partial charge in [-0.15, -0.1) is 11.3 Å². The highest BCUT2D eigenvalue weighted by atomic mass is 32.2. The number of morpholine rings is 1. The number of thiophene rings is 1. The van der Waals surface area contributed by atoms with Crippen molar-refractivity contribution in [2.24, 2.45) is 0 Å². The van der Waals surface area contributed by atoms with Gasteiger partial charge in [-0.1, -0.05) is 18.2 Å². The summed E-state index contributed by atoms with van der Waals surface area (Å²) in [6, 6.07) is 10.1. The van der Waals surface area contributed by atoms with Crippen LogP contribution in [0.25, 0.3) is 0 Å². The van der Waals surface area contributed by atoms with E-state index in [1.165, 1.54) is 16.3 Å². The molecule has 2 saturated heterocycles. The monoisotopic (exact) mass is 503 g/mol. The molecular weight excluding hydrogens is 471 g/mol. The van der Waals surface area contributed by atoms with Gasteiger partial charge in [-0.05, 0) is 62.0 Å². The molecule has 4 rings (SSSR count). The number of likely N-dealkylation sites (N-methyl/N-ethyl adjacent to an activating group) is 1. The molecular formula is C23H32F3N3O2S2. The van der Waals surface area contributed by atoms with Crippen molar-refractivity contribution in [1.82, 2.24) is 9.21 Å². The van der Waals surface area contributed by atoms with Crippen LogP contribution >= 0.6 is 23.3 Å². The quantitative estimate of drug-likeness (QED) is 0.611. The minimum absolute atomic E-state index is 0.143. The SMILES string of the molecule is CC(O)(c1ccc(N2CCN(Sc3cccs3)CC2)cc1)C(F)(F)F.CC1CN(C)CCO1. The zero-order valence-corrected chi connectivity index (χ0v) is 20.8. The number of piperazine rings is 1. The van der Waals surface area contributed by atoms with Gasteiger partial charge in [0.2, 0.25) is 0 Å². The molecule has 2 aromatic rings. The molecule has 2 aliphatic rings. The third-order valence-electron chi connectivity index (χ3n) is 5.74. The highest BCUT2D eigenvalue weighted by Gasteiger charge is 2.51. The van der Waals surface area contributed by atoms with Crippen molar-refractivity contribution < 1.29 is 23.0 Å². The first-order chi connectivity index (χ1) is 15.6. The van der Waals surface area contributed by atoms with Crippen molar-refractivity contribution in [1.29, 1.82) is 0 Å². The largest absolute Gasteiger partial charge is 0.421 e. The summed E-state index contributed by atoms with van der Waals surface area (Å²) in [6.07, 6.45) is -4.26. The van der Waals surface area contributed by atoms with Gasteiger partial charge in [-0.25, -0.2) is 4.31 Å². The number of ether oxygens (including phenoxy) is 1. The molecule has 3 heterocycles. The number of benzene rings is 1. The summed E-state index contributed by atoms with van der Waals surface area (Å²) in [5.41, 5.74) is -2.10. The summed E-state index contributed by atoms with van der Waals surface area (Å²) < 4.78 is 47.6. The van der Waals surface area contributed by atoms with Crippen molar-refractivity contribution >= 4 is 29.0 Å². The summed E-state index contributed by atoms with van der Waals surface area (Å²) in [4.78, 5) is 4.44. The van der Waals surface area contributed by atoms with Gasteiger partial charge in [0.05, 0.1) is 16.9 Å². The van der Waals surface area contributed by atoms with Crippen LogP contribution < -0.4 is 4.90 Å². The molecule has 5 nitrogen and oxygen atoms in total. The average molecular weight is 504 g/mol. The van der Waals surface area contributed by atoms with Crippen LogP contribution in [0, 0.1) is 0 Å². The average Bonchev–Trinajstić information content (AvgIpc) is 3.27. The van der Waals surface area contributed by atoms with E-state index in [9.17, 15) is 18.3 Å². The topological polar surface area (TPSA) is 39.2 Å². The minimum Gasteiger partial charge on any atom is -0.376 e. The fourth-order valence-electron chi connectivity index (χ4n) is 3.63. The first-order valence-electron chi connectivity index (χ1n) is 11.0. The highest BCUT2D eigenvalue weighted by Crippen LogP contribution is 2.39. The van der Waals surface area contributed by atoms with E-state index in [0.29, 0.717) is 6.10 Å². The number of anilines is 1. The van der Waals surface area contributed by atoms with Crippen LogP contribution in [0.2, 0.25) is 0 Å². The Morgan fingerprint density at radius 1 is 1.06 bits per heavy atom. The van der Waals surface area contributed by atoms with Gasteiger partial charge in [0.15, 0.2) is 5.60 Å². The van der Waals surface area contributed by atoms with E-state index in [0.717, 1.165) is 58.5 Å². The van der Waals surface area contributed by atoms with E-state index in [2.05, 4.69) is 39.5 Å². The van der Waals surface area contributed by atoms with Crippen molar-refractivity contribution in [2.45, 2.75) is 35.9 Å². The molecule has 1 aromatic carbocycles. The second-order valence-corrected chi connectivity index (χ2v) is 10.8. The molecule has 0 aliphatic carbocycles. The summed E-state index contributed by atoms with van der Waals surface area (Å²) in [5, 5.41) is 11.8. The van der Waals surface area contributed by atoms with E-state index < -0.39 is 11.8 Å². The number of alkyl halides is 3. The first-order valence-corrected chi connectivity index (χ1v) is 12.6. The molecule has 33 heavy (non-hydrogen) atoms. The smallest absolute Gasteiger partial charge is 0.376 e. The van der Waals surface area contributed by atoms with Gasteiger partial charge in [-0.2, -0.15) is 13.2 Å². The van der Waals surface area contributed by atoms with E-state index in [1.807, 2.05) is 6.07 Å². The predicted octanol–water partition coefficient (Wildman–Crippen LogP) is 4.68. The van der Waals surface area contributed by atoms with Crippen LogP contribution in [0.4, 0.5) is 18.9 Å². The molecule has 0 amide bonds. The van der Waals surface area contributed by atoms with Crippen molar-refractivity contribution in [3.05, 3.63) is 47.3 Å². The Hall–Kier alpha value is -1.30. The van der Waals surface area contributed by atoms with Crippen LogP contribution in [0.15, 0.2) is 46.0 Å². The second-order valence-electron chi connectivity index (χ2n) is 8.50. The Morgan fingerprint density at radius 3 is 2.21 bits per heavy atom. The predicted molar refractivity (Wildman–Crippen MR) is 129 cm³/mol. The van der Waals surface area contributed by atoms with Gasteiger partial charge in [0, 0.05) is 45.0 Å². The highest BCUT2D eigenvalue weighted by molar-refractivity contribution is 7.98. The Balaban J connectivity index is 0.000000323. The van der Waals surface area contributed by atoms with E-state index in [1.54, 1.807) is 35.4 Å². The summed E-state index contributed by atoms with van der Waals surface area (Å²) in [7, 11) is 2.12. The third kappa shape index (κ3) is 7.34. The maximum Gasteiger partial charge on any atom is 0.421 e. The van der Waals surface area contributed by atoms with Crippen molar-refractivity contribution in [3.63, 3.8) is 0 Å². The zero-order chi connectivity index (χ0) is 24.1. The first kappa shape index (κ1) is 26.3. The second kappa shape index (κ2) is 11.4. The summed E-state index contributed by atoms with van der Waals surface area (Å²) >= 11 is 3.46. The molecule has 1 N–H and O–H groups in total. The van der Waals surface area contributed by atoms with Crippen LogP contribution in [-0.4, -0.2) is 79.5 Å². The van der Waals surface area contributed by atoms with Gasteiger partial charge >= 0.3 is 6.18 Å². The fourth-order valence-corrected chi connectivity index (χ4v) is 5.48. The lowest BCUT2D eigenvalue weighted by molar-refractivity contribution is -0.258. The van der Waals surface area contributed by atoms with Crippen LogP contribution in [0.3, 0.4) is 0 Å². The van der Waals surface area contributed by atoms with Crippen molar-refractivity contribution in [2.75, 3.05) is 57.8 Å². The van der Waals surface area contributed by atoms with E-state index in [4.69, 9.17) is 4.74 Å². The molecule has 2 atom stereocenters. The number of nitrogens with zero attached hydrogens (tertiary/aromatic N) is 3. The van der Waals surface area contributed by atoms with Crippen molar-refractivity contribution in [3.8, 4) is 0 Å². The lowest BCUT2D eigenvalue weighted by Crippen LogP contribution is -2.43. The number of rotatable bonds is 4. The van der Waals surface area contributed by atoms with Gasteiger partial charge in [0.1, 0.15) is 0 Å². The Bertz CT molecular complexity index is 832. The lowest BCUT2D eigenvalue weighted by Gasteiger charge is -2.35. The summed E-state index contributed by atoms with van der Waals surface area (Å²) in [5.74, 6) is 0. The van der Waals surface area contributed by atoms with Crippen LogP contribution in [-0.2, 0) is 10.3 Å². The maximum absolute atomic E-state index is 12.9. The Labute approximate surface area is 202 Å². The fraction of sp³-hybridized carbons (Fsp3) is 0.565. The molecule has 2 unspecified atom stereocenters. The summed E-state index contributed by atoms with van der Waals surface area (Å²) in [6.45, 7) is 9.34. The van der Waals surface area contributed by atoms with Crippen LogP contribution in [0.1, 0.15) is 19.4 Å². The molecule has 2 fully saturated rings. The van der Waals surface area contributed by atoms with Gasteiger partial charge in [-0.3, -0.25) is 0 Å². The standard InChI is InChI=1S/C17H19F3N2OS2.C6H13NO/c1-16(23,17(18,19)20)13-4-6-14(7-5-13)21-8-10-22(11-9-21)25-15-3-2-12-24-15;1-6-5-7(2)3-4-8-6/h2-7,12,23H,8-11H2,1H3;6H,3-5H2,1-2H3. The molecule has 0 radical (unpaired) electrons. The maximum atomic E-state index is 12.9. The Kier molecular flexibility index (Phi) is 9.10. The number of aliphatic hydroxyl groups is 1. The molecule has 0 bridgehead atoms. The molecule has 2 aliphatic heterocycles. The lowest BCUT2D eigenvalue weighted by atomic mass is 9.95. The number of hydrogen-bond donors (Lipinski definition) is 1. The molecule has 184 valence electrons. The normalized spacial score (nSPS) is 22.4. The third-order valence-corrected chi connectivity index (χ3v) is 7.86. The minimum atomic E-state index is -4.70. The van der Waals surface area contributed by atoms with Gasteiger partial charge in [0.25, 0.3) is 0 Å². The number of hydrogen-bond acceptors (Lipinski definition) is 7.